The molecule has 0 aromatic heterocycles. The van der Waals surface area contributed by atoms with Gasteiger partial charge < -0.3 is 15.1 Å². The van der Waals surface area contributed by atoms with Crippen molar-refractivity contribution in [2.24, 2.45) is 0 Å². The minimum atomic E-state index is -1.17. The zero-order valence-electron chi connectivity index (χ0n) is 14.0. The van der Waals surface area contributed by atoms with Gasteiger partial charge in [-0.2, -0.15) is 0 Å². The Morgan fingerprint density at radius 1 is 1.04 bits per heavy atom. The zero-order chi connectivity index (χ0) is 17.9. The van der Waals surface area contributed by atoms with E-state index in [0.717, 1.165) is 12.2 Å². The topological polar surface area (TPSA) is 77.8 Å². The third kappa shape index (κ3) is 3.40. The normalized spacial score (nSPS) is 10.7. The van der Waals surface area contributed by atoms with Gasteiger partial charge in [0.1, 0.15) is 5.75 Å². The Hall–Kier alpha value is -2.82. The molecular weight excluding hydrogens is 306 g/mol. The number of carboxylic acids is 1. The van der Waals surface area contributed by atoms with Gasteiger partial charge in [0.25, 0.3) is 0 Å². The molecule has 0 bridgehead atoms. The van der Waals surface area contributed by atoms with Crippen molar-refractivity contribution in [1.82, 2.24) is 0 Å². The number of carbonyl (C=O) groups excluding carboxylic acids is 1. The average Bonchev–Trinajstić information content (AvgIpc) is 2.54. The van der Waals surface area contributed by atoms with Crippen molar-refractivity contribution >= 4 is 17.4 Å². The molecule has 5 nitrogen and oxygen atoms in total. The molecule has 0 radical (unpaired) electrons. The molecule has 0 spiro atoms. The summed E-state index contributed by atoms with van der Waals surface area (Å²) in [7, 11) is 0. The van der Waals surface area contributed by atoms with Gasteiger partial charge in [-0.05, 0) is 39.0 Å². The first kappa shape index (κ1) is 17.5. The molecule has 0 saturated heterocycles. The van der Waals surface area contributed by atoms with Crippen LogP contribution in [0, 0.1) is 0 Å². The van der Waals surface area contributed by atoms with Crippen LogP contribution in [0.5, 0.6) is 5.75 Å². The van der Waals surface area contributed by atoms with Crippen molar-refractivity contribution in [3.8, 4) is 5.75 Å². The zero-order valence-corrected chi connectivity index (χ0v) is 14.0. The molecule has 0 unspecified atom stereocenters. The number of benzene rings is 2. The van der Waals surface area contributed by atoms with Crippen LogP contribution in [-0.2, 0) is 0 Å². The van der Waals surface area contributed by atoms with Gasteiger partial charge in [-0.25, -0.2) is 4.79 Å². The highest BCUT2D eigenvalue weighted by atomic mass is 16.4. The fourth-order valence-corrected chi connectivity index (χ4v) is 2.75. The molecule has 2 rings (SSSR count). The van der Waals surface area contributed by atoms with Crippen LogP contribution >= 0.6 is 0 Å². The fraction of sp³-hybridized carbons (Fsp3) is 0.263. The molecule has 0 saturated carbocycles. The summed E-state index contributed by atoms with van der Waals surface area (Å²) in [4.78, 5) is 26.0. The van der Waals surface area contributed by atoms with Crippen LogP contribution < -0.4 is 4.90 Å². The third-order valence-corrected chi connectivity index (χ3v) is 3.92. The van der Waals surface area contributed by atoms with Crippen LogP contribution in [0.25, 0.3) is 0 Å². The number of rotatable bonds is 6. The molecule has 0 aliphatic rings. The van der Waals surface area contributed by atoms with Crippen molar-refractivity contribution in [2.75, 3.05) is 11.4 Å². The van der Waals surface area contributed by atoms with Gasteiger partial charge in [0.2, 0.25) is 0 Å². The molecule has 24 heavy (non-hydrogen) atoms. The molecule has 2 aromatic carbocycles. The summed E-state index contributed by atoms with van der Waals surface area (Å²) in [5, 5.41) is 19.5. The number of hydrogen-bond donors (Lipinski definition) is 2. The van der Waals surface area contributed by atoms with Gasteiger partial charge in [0, 0.05) is 29.9 Å². The van der Waals surface area contributed by atoms with Crippen molar-refractivity contribution in [3.05, 3.63) is 59.2 Å². The average molecular weight is 327 g/mol. The largest absolute Gasteiger partial charge is 0.507 e. The molecule has 0 fully saturated rings. The minimum Gasteiger partial charge on any atom is -0.507 e. The van der Waals surface area contributed by atoms with Crippen molar-refractivity contribution in [3.63, 3.8) is 0 Å². The lowest BCUT2D eigenvalue weighted by atomic mass is 9.97. The lowest BCUT2D eigenvalue weighted by Crippen LogP contribution is -2.30. The van der Waals surface area contributed by atoms with E-state index >= 15 is 0 Å². The summed E-state index contributed by atoms with van der Waals surface area (Å²) in [6.45, 7) is 6.87. The van der Waals surface area contributed by atoms with E-state index in [1.807, 2.05) is 20.8 Å². The second-order valence-corrected chi connectivity index (χ2v) is 5.76. The summed E-state index contributed by atoms with van der Waals surface area (Å²) in [6.07, 6.45) is 0. The number of ketones is 1. The van der Waals surface area contributed by atoms with Gasteiger partial charge in [-0.3, -0.25) is 4.79 Å². The summed E-state index contributed by atoms with van der Waals surface area (Å²) in [5.74, 6) is -1.84. The second kappa shape index (κ2) is 7.17. The fourth-order valence-electron chi connectivity index (χ4n) is 2.75. The molecule has 126 valence electrons. The molecular formula is C19H21NO4. The highest BCUT2D eigenvalue weighted by Crippen LogP contribution is 2.28. The monoisotopic (exact) mass is 327 g/mol. The van der Waals surface area contributed by atoms with Crippen LogP contribution in [-0.4, -0.2) is 34.6 Å². The van der Waals surface area contributed by atoms with E-state index in [2.05, 4.69) is 4.90 Å². The maximum absolute atomic E-state index is 12.6. The number of anilines is 1. The first-order valence-corrected chi connectivity index (χ1v) is 7.83. The Kier molecular flexibility index (Phi) is 5.24. The molecule has 2 aromatic rings. The number of aromatic carboxylic acids is 1. The number of aromatic hydroxyl groups is 1. The second-order valence-electron chi connectivity index (χ2n) is 5.76. The first-order valence-electron chi connectivity index (χ1n) is 7.83. The van der Waals surface area contributed by atoms with Crippen LogP contribution in [0.3, 0.4) is 0 Å². The van der Waals surface area contributed by atoms with E-state index in [9.17, 15) is 19.8 Å². The van der Waals surface area contributed by atoms with Gasteiger partial charge >= 0.3 is 5.97 Å². The summed E-state index contributed by atoms with van der Waals surface area (Å²) in [6, 6.07) is 11.1. The van der Waals surface area contributed by atoms with Gasteiger partial charge in [0.15, 0.2) is 5.78 Å². The smallest absolute Gasteiger partial charge is 0.336 e. The van der Waals surface area contributed by atoms with E-state index < -0.39 is 11.8 Å². The Labute approximate surface area is 141 Å². The Balaban J connectivity index is 2.44. The Morgan fingerprint density at radius 3 is 2.17 bits per heavy atom. The Morgan fingerprint density at radius 2 is 1.67 bits per heavy atom. The van der Waals surface area contributed by atoms with Crippen molar-refractivity contribution in [1.29, 1.82) is 0 Å². The van der Waals surface area contributed by atoms with E-state index in [-0.39, 0.29) is 28.5 Å². The van der Waals surface area contributed by atoms with E-state index in [4.69, 9.17) is 0 Å². The number of phenols is 1. The van der Waals surface area contributed by atoms with Crippen LogP contribution in [0.1, 0.15) is 47.1 Å². The number of phenolic OH excluding ortho intramolecular Hbond substituents is 1. The van der Waals surface area contributed by atoms with Crippen LogP contribution in [0.15, 0.2) is 42.5 Å². The highest BCUT2D eigenvalue weighted by molar-refractivity contribution is 6.15. The number of hydrogen-bond acceptors (Lipinski definition) is 4. The predicted octanol–water partition coefficient (Wildman–Crippen LogP) is 3.56. The van der Waals surface area contributed by atoms with E-state index in [1.165, 1.54) is 18.2 Å². The highest BCUT2D eigenvalue weighted by Gasteiger charge is 2.21. The van der Waals surface area contributed by atoms with Gasteiger partial charge in [-0.15, -0.1) is 0 Å². The molecule has 0 aliphatic carbocycles. The number of carboxylic acid groups (broad SMARTS) is 1. The lowest BCUT2D eigenvalue weighted by molar-refractivity contribution is 0.0692. The van der Waals surface area contributed by atoms with E-state index in [1.54, 1.807) is 24.3 Å². The molecule has 5 heteroatoms. The molecule has 0 amide bonds. The standard InChI is InChI=1S/C19H21NO4/c1-4-20(12(2)3)13-9-10-16(17(21)11-13)18(22)14-7-5-6-8-15(14)19(23)24/h5-12,21H,4H2,1-3H3,(H,23,24). The SMILES string of the molecule is CCN(c1ccc(C(=O)c2ccccc2C(=O)O)c(O)c1)C(C)C. The number of carbonyl (C=O) groups is 2. The summed E-state index contributed by atoms with van der Waals surface area (Å²) < 4.78 is 0. The van der Waals surface area contributed by atoms with Gasteiger partial charge in [-0.1, -0.05) is 18.2 Å². The van der Waals surface area contributed by atoms with Crippen LogP contribution in [0.4, 0.5) is 5.69 Å². The molecule has 0 heterocycles. The summed E-state index contributed by atoms with van der Waals surface area (Å²) >= 11 is 0. The number of nitrogens with zero attached hydrogens (tertiary/aromatic N) is 1. The van der Waals surface area contributed by atoms with Crippen molar-refractivity contribution < 1.29 is 19.8 Å². The summed E-state index contributed by atoms with van der Waals surface area (Å²) in [5.41, 5.74) is 0.882. The lowest BCUT2D eigenvalue weighted by Gasteiger charge is -2.27. The van der Waals surface area contributed by atoms with Crippen LogP contribution in [0.2, 0.25) is 0 Å². The van der Waals surface area contributed by atoms with Crippen molar-refractivity contribution in [2.45, 2.75) is 26.8 Å². The first-order chi connectivity index (χ1) is 11.4. The molecule has 2 N–H and O–H groups in total. The van der Waals surface area contributed by atoms with E-state index in [0.29, 0.717) is 0 Å². The van der Waals surface area contributed by atoms with Gasteiger partial charge in [0.05, 0.1) is 11.1 Å². The Bertz CT molecular complexity index is 768. The molecule has 0 atom stereocenters. The predicted molar refractivity (Wildman–Crippen MR) is 93.1 cm³/mol. The minimum absolute atomic E-state index is 0.0595. The maximum Gasteiger partial charge on any atom is 0.336 e. The maximum atomic E-state index is 12.6. The third-order valence-electron chi connectivity index (χ3n) is 3.92. The quantitative estimate of drug-likeness (QED) is 0.793. The molecule has 0 aliphatic heterocycles.